The zero-order valence-corrected chi connectivity index (χ0v) is 11.6. The number of carbonyl (C=O) groups excluding carboxylic acids is 1. The first-order chi connectivity index (χ1) is 9.81. The fraction of sp³-hybridized carbons (Fsp3) is 0.385. The predicted octanol–water partition coefficient (Wildman–Crippen LogP) is 1.72. The third-order valence-electron chi connectivity index (χ3n) is 2.94. The van der Waals surface area contributed by atoms with Gasteiger partial charge in [0, 0.05) is 18.5 Å². The third kappa shape index (κ3) is 3.24. The first kappa shape index (κ1) is 13.3. The van der Waals surface area contributed by atoms with E-state index in [1.807, 2.05) is 11.4 Å². The van der Waals surface area contributed by atoms with Gasteiger partial charge in [0.1, 0.15) is 5.69 Å². The van der Waals surface area contributed by atoms with Gasteiger partial charge >= 0.3 is 0 Å². The number of anilines is 1. The van der Waals surface area contributed by atoms with Gasteiger partial charge in [0.25, 0.3) is 0 Å². The van der Waals surface area contributed by atoms with Crippen LogP contribution in [-0.4, -0.2) is 36.7 Å². The molecule has 7 heteroatoms. The number of nitrogens with one attached hydrogen (secondary N) is 2. The normalized spacial score (nSPS) is 18.9. The van der Waals surface area contributed by atoms with Crippen LogP contribution in [0.5, 0.6) is 0 Å². The van der Waals surface area contributed by atoms with Gasteiger partial charge < -0.3 is 19.8 Å². The van der Waals surface area contributed by atoms with E-state index in [0.717, 1.165) is 12.2 Å². The molecule has 0 bridgehead atoms. The van der Waals surface area contributed by atoms with Gasteiger partial charge in [-0.05, 0) is 12.1 Å². The highest BCUT2D eigenvalue weighted by Gasteiger charge is 2.18. The molecule has 1 amide bonds. The second-order valence-electron chi connectivity index (χ2n) is 4.46. The molecule has 1 aliphatic heterocycles. The van der Waals surface area contributed by atoms with Gasteiger partial charge in [-0.25, -0.2) is 4.98 Å². The van der Waals surface area contributed by atoms with Crippen LogP contribution in [0.4, 0.5) is 5.13 Å². The summed E-state index contributed by atoms with van der Waals surface area (Å²) in [6.07, 6.45) is 1.87. The largest absolute Gasteiger partial charge is 0.463 e. The Balaban J connectivity index is 1.56. The summed E-state index contributed by atoms with van der Waals surface area (Å²) in [6, 6.07) is 3.64. The van der Waals surface area contributed by atoms with E-state index in [9.17, 15) is 4.79 Å². The molecule has 1 unspecified atom stereocenters. The Morgan fingerprint density at radius 3 is 3.30 bits per heavy atom. The molecule has 0 aromatic carbocycles. The Hall–Kier alpha value is -1.70. The summed E-state index contributed by atoms with van der Waals surface area (Å²) < 4.78 is 10.8. The van der Waals surface area contributed by atoms with Crippen LogP contribution in [0, 0.1) is 0 Å². The molecule has 3 heterocycles. The Morgan fingerprint density at radius 2 is 2.55 bits per heavy atom. The fourth-order valence-corrected chi connectivity index (χ4v) is 2.71. The monoisotopic (exact) mass is 293 g/mol. The van der Waals surface area contributed by atoms with Crippen molar-refractivity contribution in [1.82, 2.24) is 10.3 Å². The lowest BCUT2D eigenvalue weighted by Gasteiger charge is -2.22. The SMILES string of the molecule is O=C(CC1CNCCO1)Nc1nc(-c2ccco2)cs1. The van der Waals surface area contributed by atoms with Crippen molar-refractivity contribution in [2.45, 2.75) is 12.5 Å². The standard InChI is InChI=1S/C13H15N3O3S/c17-12(6-9-7-14-3-5-18-9)16-13-15-10(8-20-13)11-2-1-4-19-11/h1-2,4,8-9,14H,3,5-7H2,(H,15,16,17). The number of ether oxygens (including phenoxy) is 1. The molecule has 1 aliphatic rings. The molecular weight excluding hydrogens is 278 g/mol. The number of hydrogen-bond acceptors (Lipinski definition) is 6. The Morgan fingerprint density at radius 1 is 1.60 bits per heavy atom. The molecule has 1 fully saturated rings. The van der Waals surface area contributed by atoms with E-state index in [-0.39, 0.29) is 12.0 Å². The van der Waals surface area contributed by atoms with E-state index in [4.69, 9.17) is 9.15 Å². The van der Waals surface area contributed by atoms with E-state index in [0.29, 0.717) is 30.5 Å². The average Bonchev–Trinajstić information content (AvgIpc) is 3.10. The summed E-state index contributed by atoms with van der Waals surface area (Å²) in [5, 5.41) is 8.42. The number of hydrogen-bond donors (Lipinski definition) is 2. The lowest BCUT2D eigenvalue weighted by atomic mass is 10.2. The number of aromatic nitrogens is 1. The number of nitrogens with zero attached hydrogens (tertiary/aromatic N) is 1. The zero-order chi connectivity index (χ0) is 13.8. The molecule has 20 heavy (non-hydrogen) atoms. The van der Waals surface area contributed by atoms with Gasteiger partial charge in [-0.1, -0.05) is 0 Å². The van der Waals surface area contributed by atoms with Crippen LogP contribution in [0.3, 0.4) is 0 Å². The topological polar surface area (TPSA) is 76.4 Å². The molecule has 2 N–H and O–H groups in total. The molecule has 3 rings (SSSR count). The minimum atomic E-state index is -0.0842. The molecule has 6 nitrogen and oxygen atoms in total. The molecule has 1 saturated heterocycles. The van der Waals surface area contributed by atoms with E-state index in [1.165, 1.54) is 11.3 Å². The van der Waals surface area contributed by atoms with Crippen LogP contribution in [0.25, 0.3) is 11.5 Å². The molecule has 0 aliphatic carbocycles. The van der Waals surface area contributed by atoms with Crippen molar-refractivity contribution in [2.75, 3.05) is 25.0 Å². The third-order valence-corrected chi connectivity index (χ3v) is 3.70. The molecule has 2 aromatic rings. The van der Waals surface area contributed by atoms with Crippen molar-refractivity contribution >= 4 is 22.4 Å². The van der Waals surface area contributed by atoms with Crippen molar-refractivity contribution in [2.24, 2.45) is 0 Å². The van der Waals surface area contributed by atoms with Crippen molar-refractivity contribution in [1.29, 1.82) is 0 Å². The van der Waals surface area contributed by atoms with E-state index in [1.54, 1.807) is 12.3 Å². The number of amides is 1. The lowest BCUT2D eigenvalue weighted by Crippen LogP contribution is -2.40. The van der Waals surface area contributed by atoms with E-state index in [2.05, 4.69) is 15.6 Å². The second-order valence-corrected chi connectivity index (χ2v) is 5.32. The molecule has 0 spiro atoms. The Labute approximate surface area is 120 Å². The maximum atomic E-state index is 11.9. The van der Waals surface area contributed by atoms with Gasteiger partial charge in [0.15, 0.2) is 10.9 Å². The van der Waals surface area contributed by atoms with Crippen LogP contribution in [-0.2, 0) is 9.53 Å². The average molecular weight is 293 g/mol. The van der Waals surface area contributed by atoms with E-state index < -0.39 is 0 Å². The van der Waals surface area contributed by atoms with Gasteiger partial charge in [-0.3, -0.25) is 4.79 Å². The maximum Gasteiger partial charge on any atom is 0.228 e. The van der Waals surface area contributed by atoms with Crippen molar-refractivity contribution in [3.63, 3.8) is 0 Å². The van der Waals surface area contributed by atoms with Crippen LogP contribution in [0.15, 0.2) is 28.2 Å². The highest BCUT2D eigenvalue weighted by Crippen LogP contribution is 2.25. The summed E-state index contributed by atoms with van der Waals surface area (Å²) in [5.41, 5.74) is 0.728. The molecule has 106 valence electrons. The Kier molecular flexibility index (Phi) is 4.10. The summed E-state index contributed by atoms with van der Waals surface area (Å²) >= 11 is 1.38. The van der Waals surface area contributed by atoms with Gasteiger partial charge in [0.05, 0.1) is 25.4 Å². The zero-order valence-electron chi connectivity index (χ0n) is 10.8. The summed E-state index contributed by atoms with van der Waals surface area (Å²) in [7, 11) is 0. The molecule has 0 saturated carbocycles. The quantitative estimate of drug-likeness (QED) is 0.897. The maximum absolute atomic E-state index is 11.9. The Bertz CT molecular complexity index is 561. The summed E-state index contributed by atoms with van der Waals surface area (Å²) in [5.74, 6) is 0.612. The molecule has 2 aromatic heterocycles. The molecule has 1 atom stereocenters. The van der Waals surface area contributed by atoms with Gasteiger partial charge in [-0.15, -0.1) is 11.3 Å². The summed E-state index contributed by atoms with van der Waals surface area (Å²) in [6.45, 7) is 2.21. The van der Waals surface area contributed by atoms with Crippen LogP contribution in [0.1, 0.15) is 6.42 Å². The van der Waals surface area contributed by atoms with Gasteiger partial charge in [-0.2, -0.15) is 0 Å². The fourth-order valence-electron chi connectivity index (χ4n) is 2.00. The lowest BCUT2D eigenvalue weighted by molar-refractivity contribution is -0.119. The number of morpholine rings is 1. The number of furan rings is 1. The smallest absolute Gasteiger partial charge is 0.228 e. The highest BCUT2D eigenvalue weighted by atomic mass is 32.1. The minimum absolute atomic E-state index is 0.0618. The van der Waals surface area contributed by atoms with Crippen LogP contribution < -0.4 is 10.6 Å². The first-order valence-electron chi connectivity index (χ1n) is 6.43. The highest BCUT2D eigenvalue weighted by molar-refractivity contribution is 7.14. The van der Waals surface area contributed by atoms with Crippen LogP contribution >= 0.6 is 11.3 Å². The number of thiazole rings is 1. The van der Waals surface area contributed by atoms with Crippen molar-refractivity contribution < 1.29 is 13.9 Å². The first-order valence-corrected chi connectivity index (χ1v) is 7.31. The minimum Gasteiger partial charge on any atom is -0.463 e. The van der Waals surface area contributed by atoms with E-state index >= 15 is 0 Å². The summed E-state index contributed by atoms with van der Waals surface area (Å²) in [4.78, 5) is 16.2. The van der Waals surface area contributed by atoms with Crippen molar-refractivity contribution in [3.05, 3.63) is 23.8 Å². The number of carbonyl (C=O) groups is 1. The molecule has 0 radical (unpaired) electrons. The predicted molar refractivity (Wildman–Crippen MR) is 75.7 cm³/mol. The second kappa shape index (κ2) is 6.17. The number of rotatable bonds is 4. The molecular formula is C13H15N3O3S. The van der Waals surface area contributed by atoms with Gasteiger partial charge in [0.2, 0.25) is 5.91 Å². The van der Waals surface area contributed by atoms with Crippen LogP contribution in [0.2, 0.25) is 0 Å². The van der Waals surface area contributed by atoms with Crippen molar-refractivity contribution in [3.8, 4) is 11.5 Å².